The summed E-state index contributed by atoms with van der Waals surface area (Å²) < 4.78 is 11.7. The monoisotopic (exact) mass is 528 g/mol. The fourth-order valence-corrected chi connectivity index (χ4v) is 4.85. The molecule has 1 aromatic rings. The van der Waals surface area contributed by atoms with Crippen LogP contribution < -0.4 is 5.32 Å². The van der Waals surface area contributed by atoms with Gasteiger partial charge >= 0.3 is 0 Å². The van der Waals surface area contributed by atoms with Gasteiger partial charge in [0, 0.05) is 57.8 Å². The van der Waals surface area contributed by atoms with Crippen LogP contribution in [0.2, 0.25) is 0 Å². The van der Waals surface area contributed by atoms with Gasteiger partial charge in [0.1, 0.15) is 0 Å². The Morgan fingerprint density at radius 2 is 1.90 bits per heavy atom. The number of likely N-dealkylation sites (tertiary alicyclic amines) is 1. The zero-order valence-electron chi connectivity index (χ0n) is 18.2. The Bertz CT molecular complexity index is 654. The van der Waals surface area contributed by atoms with E-state index < -0.39 is 0 Å². The number of nitrogens with one attached hydrogen (secondary N) is 1. The molecular weight excluding hydrogens is 491 g/mol. The van der Waals surface area contributed by atoms with E-state index in [-0.39, 0.29) is 30.1 Å². The number of morpholine rings is 1. The topological polar surface area (TPSA) is 49.3 Å². The van der Waals surface area contributed by atoms with E-state index in [1.165, 1.54) is 18.4 Å². The van der Waals surface area contributed by atoms with Gasteiger partial charge in [0.25, 0.3) is 0 Å². The van der Waals surface area contributed by atoms with E-state index in [1.54, 1.807) is 0 Å². The lowest BCUT2D eigenvalue weighted by molar-refractivity contribution is -0.0250. The van der Waals surface area contributed by atoms with Crippen molar-refractivity contribution in [2.24, 2.45) is 10.9 Å². The fraction of sp³-hybridized carbons (Fsp3) is 0.696. The fourth-order valence-electron chi connectivity index (χ4n) is 4.85. The molecule has 7 heteroatoms. The Morgan fingerprint density at radius 1 is 1.10 bits per heavy atom. The van der Waals surface area contributed by atoms with Gasteiger partial charge in [-0.15, -0.1) is 24.0 Å². The van der Waals surface area contributed by atoms with Crippen molar-refractivity contribution in [3.05, 3.63) is 35.9 Å². The van der Waals surface area contributed by atoms with Crippen LogP contribution in [0.4, 0.5) is 0 Å². The molecule has 30 heavy (non-hydrogen) atoms. The summed E-state index contributed by atoms with van der Waals surface area (Å²) in [5.41, 5.74) is 1.28. The highest BCUT2D eigenvalue weighted by molar-refractivity contribution is 14.0. The van der Waals surface area contributed by atoms with E-state index in [0.717, 1.165) is 71.5 Å². The van der Waals surface area contributed by atoms with Gasteiger partial charge in [0.2, 0.25) is 0 Å². The van der Waals surface area contributed by atoms with Crippen LogP contribution in [-0.2, 0) is 9.47 Å². The van der Waals surface area contributed by atoms with Crippen molar-refractivity contribution in [1.82, 2.24) is 15.1 Å². The summed E-state index contributed by atoms with van der Waals surface area (Å²) in [5.74, 6) is 1.51. The molecule has 168 valence electrons. The summed E-state index contributed by atoms with van der Waals surface area (Å²) >= 11 is 0. The van der Waals surface area contributed by atoms with Gasteiger partial charge in [-0.05, 0) is 31.7 Å². The van der Waals surface area contributed by atoms with Crippen molar-refractivity contribution in [3.8, 4) is 0 Å². The summed E-state index contributed by atoms with van der Waals surface area (Å²) in [6.07, 6.45) is 3.68. The van der Waals surface area contributed by atoms with Gasteiger partial charge < -0.3 is 19.7 Å². The van der Waals surface area contributed by atoms with Gasteiger partial charge in [0.15, 0.2) is 5.96 Å². The van der Waals surface area contributed by atoms with Gasteiger partial charge in [0.05, 0.1) is 19.3 Å². The Labute approximate surface area is 198 Å². The van der Waals surface area contributed by atoms with Crippen molar-refractivity contribution in [1.29, 1.82) is 0 Å². The molecule has 3 heterocycles. The van der Waals surface area contributed by atoms with Gasteiger partial charge in [-0.1, -0.05) is 30.3 Å². The molecule has 3 atom stereocenters. The minimum absolute atomic E-state index is 0. The third-order valence-corrected chi connectivity index (χ3v) is 6.41. The van der Waals surface area contributed by atoms with Crippen LogP contribution in [0.3, 0.4) is 0 Å². The minimum Gasteiger partial charge on any atom is -0.379 e. The largest absolute Gasteiger partial charge is 0.379 e. The number of hydrogen-bond acceptors (Lipinski definition) is 4. The lowest BCUT2D eigenvalue weighted by Crippen LogP contribution is -2.46. The summed E-state index contributed by atoms with van der Waals surface area (Å²) in [7, 11) is 0. The second kappa shape index (κ2) is 12.2. The summed E-state index contributed by atoms with van der Waals surface area (Å²) in [4.78, 5) is 10.1. The Morgan fingerprint density at radius 3 is 2.67 bits per heavy atom. The second-order valence-electron chi connectivity index (χ2n) is 8.34. The number of nitrogens with zero attached hydrogens (tertiary/aromatic N) is 3. The number of aliphatic imine (C=N–C) groups is 1. The molecule has 0 saturated carbocycles. The third kappa shape index (κ3) is 6.08. The van der Waals surface area contributed by atoms with E-state index in [9.17, 15) is 0 Å². The maximum Gasteiger partial charge on any atom is 0.193 e. The molecule has 0 bridgehead atoms. The van der Waals surface area contributed by atoms with E-state index in [0.29, 0.717) is 12.0 Å². The van der Waals surface area contributed by atoms with Gasteiger partial charge in [-0.25, -0.2) is 0 Å². The van der Waals surface area contributed by atoms with Crippen LogP contribution in [0.1, 0.15) is 37.9 Å². The van der Waals surface area contributed by atoms with E-state index in [2.05, 4.69) is 52.4 Å². The molecule has 0 aliphatic carbocycles. The summed E-state index contributed by atoms with van der Waals surface area (Å²) in [6.45, 7) is 10.7. The molecule has 1 N–H and O–H groups in total. The van der Waals surface area contributed by atoms with Crippen molar-refractivity contribution in [2.75, 3.05) is 59.1 Å². The standard InChI is InChI=1S/C23H36N4O2.HI/c1-2-24-23(27-11-10-21(18-27)26-12-15-28-16-13-26)25-17-20-9-6-14-29-22(20)19-7-4-3-5-8-19;/h3-5,7-8,20-22H,2,6,9-18H2,1H3,(H,24,25);1H. The molecular formula is C23H37IN4O2. The number of ether oxygens (including phenoxy) is 2. The zero-order valence-corrected chi connectivity index (χ0v) is 20.5. The van der Waals surface area contributed by atoms with Crippen molar-refractivity contribution < 1.29 is 9.47 Å². The smallest absolute Gasteiger partial charge is 0.193 e. The molecule has 0 spiro atoms. The molecule has 1 aromatic carbocycles. The average molecular weight is 528 g/mol. The quantitative estimate of drug-likeness (QED) is 0.362. The van der Waals surface area contributed by atoms with Crippen LogP contribution in [0, 0.1) is 5.92 Å². The molecule has 3 unspecified atom stereocenters. The first kappa shape index (κ1) is 23.8. The van der Waals surface area contributed by atoms with Gasteiger partial charge in [-0.2, -0.15) is 0 Å². The summed E-state index contributed by atoms with van der Waals surface area (Å²) in [6, 6.07) is 11.3. The third-order valence-electron chi connectivity index (χ3n) is 6.41. The van der Waals surface area contributed by atoms with E-state index in [4.69, 9.17) is 14.5 Å². The van der Waals surface area contributed by atoms with Crippen LogP contribution in [-0.4, -0.2) is 80.9 Å². The number of halogens is 1. The number of benzene rings is 1. The summed E-state index contributed by atoms with van der Waals surface area (Å²) in [5, 5.41) is 3.53. The first-order valence-corrected chi connectivity index (χ1v) is 11.4. The van der Waals surface area contributed by atoms with Crippen molar-refractivity contribution in [3.63, 3.8) is 0 Å². The van der Waals surface area contributed by atoms with Crippen LogP contribution >= 0.6 is 24.0 Å². The van der Waals surface area contributed by atoms with Crippen LogP contribution in [0.5, 0.6) is 0 Å². The Hall–Kier alpha value is -0.900. The lowest BCUT2D eigenvalue weighted by atomic mass is 9.89. The lowest BCUT2D eigenvalue weighted by Gasteiger charge is -2.33. The molecule has 4 rings (SSSR count). The second-order valence-corrected chi connectivity index (χ2v) is 8.34. The molecule has 6 nitrogen and oxygen atoms in total. The van der Waals surface area contributed by atoms with Crippen molar-refractivity contribution >= 4 is 29.9 Å². The minimum atomic E-state index is 0. The molecule has 3 saturated heterocycles. The molecule has 3 fully saturated rings. The maximum absolute atomic E-state index is 6.17. The normalized spacial score (nSPS) is 28.2. The highest BCUT2D eigenvalue weighted by atomic mass is 127. The molecule has 0 radical (unpaired) electrons. The number of guanidine groups is 1. The highest BCUT2D eigenvalue weighted by Gasteiger charge is 2.31. The first-order chi connectivity index (χ1) is 14.3. The molecule has 3 aliphatic heterocycles. The predicted octanol–water partition coefficient (Wildman–Crippen LogP) is 3.14. The van der Waals surface area contributed by atoms with Crippen LogP contribution in [0.15, 0.2) is 35.3 Å². The Kier molecular flexibility index (Phi) is 9.67. The van der Waals surface area contributed by atoms with E-state index >= 15 is 0 Å². The first-order valence-electron chi connectivity index (χ1n) is 11.4. The van der Waals surface area contributed by atoms with E-state index in [1.807, 2.05) is 0 Å². The van der Waals surface area contributed by atoms with Crippen LogP contribution in [0.25, 0.3) is 0 Å². The SMILES string of the molecule is CCNC(=NCC1CCCOC1c1ccccc1)N1CCC(N2CCOCC2)C1.I. The van der Waals surface area contributed by atoms with Crippen molar-refractivity contribution in [2.45, 2.75) is 38.3 Å². The van der Waals surface area contributed by atoms with Gasteiger partial charge in [-0.3, -0.25) is 9.89 Å². The molecule has 3 aliphatic rings. The number of rotatable bonds is 5. The zero-order chi connectivity index (χ0) is 19.9. The maximum atomic E-state index is 6.17. The Balaban J connectivity index is 0.00000256. The highest BCUT2D eigenvalue weighted by Crippen LogP contribution is 2.33. The predicted molar refractivity (Wildman–Crippen MR) is 132 cm³/mol. The molecule has 0 amide bonds. The number of hydrogen-bond donors (Lipinski definition) is 1. The average Bonchev–Trinajstić information content (AvgIpc) is 3.28. The molecule has 0 aromatic heterocycles.